The molecule has 4 heteroatoms. The molecule has 1 aliphatic heterocycles. The molecule has 3 nitrogen and oxygen atoms in total. The maximum atomic E-state index is 12.5. The molecule has 1 aliphatic rings. The minimum Gasteiger partial charge on any atom is -0.333 e. The lowest BCUT2D eigenvalue weighted by molar-refractivity contribution is -0.682. The van der Waals surface area contributed by atoms with E-state index in [1.165, 1.54) is 5.56 Å². The second-order valence-electron chi connectivity index (χ2n) is 5.71. The van der Waals surface area contributed by atoms with E-state index in [1.54, 1.807) is 0 Å². The lowest BCUT2D eigenvalue weighted by Crippen LogP contribution is -2.87. The largest absolute Gasteiger partial charge is 0.333 e. The van der Waals surface area contributed by atoms with Gasteiger partial charge in [0, 0.05) is 22.8 Å². The highest BCUT2D eigenvalue weighted by atomic mass is 35.5. The van der Waals surface area contributed by atoms with Crippen molar-refractivity contribution in [3.63, 3.8) is 0 Å². The summed E-state index contributed by atoms with van der Waals surface area (Å²) in [6, 6.07) is 16.2. The number of hydrogen-bond donors (Lipinski definition) is 1. The van der Waals surface area contributed by atoms with Crippen molar-refractivity contribution < 1.29 is 10.1 Å². The Bertz CT molecular complexity index is 686. The van der Waals surface area contributed by atoms with Crippen molar-refractivity contribution in [3.8, 4) is 0 Å². The van der Waals surface area contributed by atoms with Crippen LogP contribution in [0.15, 0.2) is 48.5 Å². The van der Waals surface area contributed by atoms with Crippen molar-refractivity contribution in [2.24, 2.45) is 0 Å². The molecule has 2 aromatic carbocycles. The average Bonchev–Trinajstić information content (AvgIpc) is 2.96. The van der Waals surface area contributed by atoms with Crippen LogP contribution in [0.2, 0.25) is 5.02 Å². The van der Waals surface area contributed by atoms with Gasteiger partial charge in [-0.05, 0) is 37.1 Å². The van der Waals surface area contributed by atoms with E-state index in [-0.39, 0.29) is 11.9 Å². The highest BCUT2D eigenvalue weighted by Crippen LogP contribution is 2.27. The van der Waals surface area contributed by atoms with Crippen LogP contribution in [0.3, 0.4) is 0 Å². The molecule has 0 aliphatic carbocycles. The van der Waals surface area contributed by atoms with Crippen molar-refractivity contribution >= 4 is 23.2 Å². The molecule has 2 aromatic rings. The predicted octanol–water partition coefficient (Wildman–Crippen LogP) is 2.55. The number of para-hydroxylation sites is 1. The number of anilines is 1. The van der Waals surface area contributed by atoms with Crippen molar-refractivity contribution in [1.29, 1.82) is 0 Å². The molecule has 0 saturated heterocycles. The molecule has 2 N–H and O–H groups in total. The predicted molar refractivity (Wildman–Crippen MR) is 89.2 cm³/mol. The van der Waals surface area contributed by atoms with Gasteiger partial charge >= 0.3 is 0 Å². The number of nitrogens with zero attached hydrogens (tertiary/aromatic N) is 1. The van der Waals surface area contributed by atoms with Gasteiger partial charge in [-0.15, -0.1) is 0 Å². The number of carbonyl (C=O) groups excluding carboxylic acids is 1. The molecule has 0 spiro atoms. The highest BCUT2D eigenvalue weighted by molar-refractivity contribution is 6.30. The SMILES string of the molecule is C[C@@H]([NH2+]CC(=O)N1CCc2ccccc21)c1cccc(Cl)c1. The van der Waals surface area contributed by atoms with Crippen LogP contribution in [0.25, 0.3) is 0 Å². The van der Waals surface area contributed by atoms with E-state index in [4.69, 9.17) is 11.6 Å². The first kappa shape index (κ1) is 15.1. The Kier molecular flexibility index (Phi) is 4.46. The molecule has 0 unspecified atom stereocenters. The highest BCUT2D eigenvalue weighted by Gasteiger charge is 2.25. The molecule has 3 rings (SSSR count). The Morgan fingerprint density at radius 1 is 1.27 bits per heavy atom. The Labute approximate surface area is 135 Å². The first-order chi connectivity index (χ1) is 10.6. The van der Waals surface area contributed by atoms with E-state index < -0.39 is 0 Å². The molecule has 1 heterocycles. The molecule has 114 valence electrons. The van der Waals surface area contributed by atoms with Crippen molar-refractivity contribution in [3.05, 3.63) is 64.7 Å². The van der Waals surface area contributed by atoms with Crippen LogP contribution in [0.5, 0.6) is 0 Å². The number of benzene rings is 2. The monoisotopic (exact) mass is 315 g/mol. The molecule has 1 atom stereocenters. The van der Waals surface area contributed by atoms with Crippen molar-refractivity contribution in [2.45, 2.75) is 19.4 Å². The van der Waals surface area contributed by atoms with Gasteiger partial charge in [0.15, 0.2) is 6.54 Å². The lowest BCUT2D eigenvalue weighted by Gasteiger charge is -2.18. The van der Waals surface area contributed by atoms with Crippen LogP contribution in [0.4, 0.5) is 5.69 Å². The maximum absolute atomic E-state index is 12.5. The average molecular weight is 316 g/mol. The zero-order chi connectivity index (χ0) is 15.5. The van der Waals surface area contributed by atoms with Crippen LogP contribution in [-0.2, 0) is 11.2 Å². The molecule has 22 heavy (non-hydrogen) atoms. The summed E-state index contributed by atoms with van der Waals surface area (Å²) in [7, 11) is 0. The summed E-state index contributed by atoms with van der Waals surface area (Å²) < 4.78 is 0. The third-order valence-electron chi connectivity index (χ3n) is 4.21. The number of hydrogen-bond acceptors (Lipinski definition) is 1. The van der Waals surface area contributed by atoms with Gasteiger partial charge in [0.05, 0.1) is 0 Å². The molecule has 0 radical (unpaired) electrons. The zero-order valence-corrected chi connectivity index (χ0v) is 13.4. The van der Waals surface area contributed by atoms with E-state index in [0.29, 0.717) is 6.54 Å². The van der Waals surface area contributed by atoms with Gasteiger partial charge in [0.2, 0.25) is 0 Å². The Morgan fingerprint density at radius 2 is 2.09 bits per heavy atom. The molecular formula is C18H20ClN2O+. The van der Waals surface area contributed by atoms with E-state index in [0.717, 1.165) is 29.2 Å². The fourth-order valence-electron chi connectivity index (χ4n) is 2.91. The van der Waals surface area contributed by atoms with E-state index in [2.05, 4.69) is 18.3 Å². The second-order valence-corrected chi connectivity index (χ2v) is 6.14. The first-order valence-corrected chi connectivity index (χ1v) is 8.00. The normalized spacial score (nSPS) is 14.7. The molecule has 0 fully saturated rings. The summed E-state index contributed by atoms with van der Waals surface area (Å²) in [6.07, 6.45) is 0.950. The summed E-state index contributed by atoms with van der Waals surface area (Å²) in [5, 5.41) is 2.80. The second kappa shape index (κ2) is 6.51. The lowest BCUT2D eigenvalue weighted by atomic mass is 10.1. The first-order valence-electron chi connectivity index (χ1n) is 7.62. The number of amides is 1. The Hall–Kier alpha value is -1.84. The summed E-state index contributed by atoms with van der Waals surface area (Å²) in [5.41, 5.74) is 3.47. The number of nitrogens with two attached hydrogens (primary N) is 1. The fourth-order valence-corrected chi connectivity index (χ4v) is 3.11. The molecule has 1 amide bonds. The van der Waals surface area contributed by atoms with Crippen LogP contribution in [0, 0.1) is 0 Å². The van der Waals surface area contributed by atoms with Crippen molar-refractivity contribution in [2.75, 3.05) is 18.0 Å². The number of fused-ring (bicyclic) bond motifs is 1. The number of carbonyl (C=O) groups is 1. The maximum Gasteiger partial charge on any atom is 0.282 e. The van der Waals surface area contributed by atoms with E-state index >= 15 is 0 Å². The van der Waals surface area contributed by atoms with Crippen LogP contribution >= 0.6 is 11.6 Å². The summed E-state index contributed by atoms with van der Waals surface area (Å²) in [4.78, 5) is 14.4. The molecule has 0 saturated carbocycles. The number of quaternary nitrogens is 1. The topological polar surface area (TPSA) is 36.9 Å². The third-order valence-corrected chi connectivity index (χ3v) is 4.44. The van der Waals surface area contributed by atoms with Crippen LogP contribution in [-0.4, -0.2) is 19.0 Å². The quantitative estimate of drug-likeness (QED) is 0.925. The summed E-state index contributed by atoms with van der Waals surface area (Å²) in [6.45, 7) is 3.33. The van der Waals surface area contributed by atoms with E-state index in [1.807, 2.05) is 47.4 Å². The Morgan fingerprint density at radius 3 is 2.91 bits per heavy atom. The minimum absolute atomic E-state index is 0.166. The zero-order valence-electron chi connectivity index (χ0n) is 12.6. The Balaban J connectivity index is 1.61. The van der Waals surface area contributed by atoms with Gasteiger partial charge in [0.1, 0.15) is 6.04 Å². The van der Waals surface area contributed by atoms with Crippen LogP contribution < -0.4 is 10.2 Å². The van der Waals surface area contributed by atoms with Gasteiger partial charge in [-0.2, -0.15) is 0 Å². The molecule has 0 bridgehead atoms. The molecule has 0 aromatic heterocycles. The van der Waals surface area contributed by atoms with Gasteiger partial charge in [-0.1, -0.05) is 41.9 Å². The smallest absolute Gasteiger partial charge is 0.282 e. The molecular weight excluding hydrogens is 296 g/mol. The van der Waals surface area contributed by atoms with Gasteiger partial charge < -0.3 is 10.2 Å². The summed E-state index contributed by atoms with van der Waals surface area (Å²) in [5.74, 6) is 0.166. The van der Waals surface area contributed by atoms with Gasteiger partial charge in [-0.25, -0.2) is 0 Å². The van der Waals surface area contributed by atoms with E-state index in [9.17, 15) is 4.79 Å². The third kappa shape index (κ3) is 3.16. The fraction of sp³-hybridized carbons (Fsp3) is 0.278. The number of halogens is 1. The summed E-state index contributed by atoms with van der Waals surface area (Å²) >= 11 is 6.02. The van der Waals surface area contributed by atoms with Gasteiger partial charge in [0.25, 0.3) is 5.91 Å². The van der Waals surface area contributed by atoms with Gasteiger partial charge in [-0.3, -0.25) is 4.79 Å². The standard InChI is InChI=1S/C18H19ClN2O/c1-13(15-6-4-7-16(19)11-15)20-12-18(22)21-10-9-14-5-2-3-8-17(14)21/h2-8,11,13,20H,9-10,12H2,1H3/p+1/t13-/m1/s1. The van der Waals surface area contributed by atoms with Crippen molar-refractivity contribution in [1.82, 2.24) is 0 Å². The minimum atomic E-state index is 0.166. The van der Waals surface area contributed by atoms with Crippen LogP contribution in [0.1, 0.15) is 24.1 Å². The number of rotatable bonds is 4.